The summed E-state index contributed by atoms with van der Waals surface area (Å²) in [5.74, 6) is -0.0565. The SMILES string of the molecule is O=C1NCCCC[C@H]1N=CNO. The van der Waals surface area contributed by atoms with Gasteiger partial charge in [-0.1, -0.05) is 0 Å². The second kappa shape index (κ2) is 4.71. The number of hydroxylamine groups is 1. The highest BCUT2D eigenvalue weighted by molar-refractivity contribution is 5.83. The average Bonchev–Trinajstić information content (AvgIpc) is 2.27. The lowest BCUT2D eigenvalue weighted by Crippen LogP contribution is -2.32. The molecule has 1 aliphatic heterocycles. The van der Waals surface area contributed by atoms with Crippen molar-refractivity contribution in [3.8, 4) is 0 Å². The van der Waals surface area contributed by atoms with Crippen LogP contribution in [0.2, 0.25) is 0 Å². The highest BCUT2D eigenvalue weighted by atomic mass is 16.5. The number of rotatable bonds is 2. The van der Waals surface area contributed by atoms with Crippen molar-refractivity contribution in [1.29, 1.82) is 0 Å². The number of hydrogen-bond donors (Lipinski definition) is 3. The van der Waals surface area contributed by atoms with Gasteiger partial charge in [0, 0.05) is 6.54 Å². The maximum absolute atomic E-state index is 11.2. The first-order chi connectivity index (χ1) is 5.84. The zero-order valence-electron chi connectivity index (χ0n) is 6.79. The van der Waals surface area contributed by atoms with E-state index in [4.69, 9.17) is 5.21 Å². The van der Waals surface area contributed by atoms with Crippen LogP contribution in [-0.4, -0.2) is 30.0 Å². The molecule has 0 unspecified atom stereocenters. The van der Waals surface area contributed by atoms with Gasteiger partial charge in [0.05, 0.1) is 0 Å². The normalized spacial score (nSPS) is 25.1. The second-order valence-corrected chi connectivity index (χ2v) is 2.71. The van der Waals surface area contributed by atoms with Gasteiger partial charge in [-0.2, -0.15) is 0 Å². The third kappa shape index (κ3) is 2.50. The van der Waals surface area contributed by atoms with E-state index in [2.05, 4.69) is 10.3 Å². The van der Waals surface area contributed by atoms with E-state index >= 15 is 0 Å². The minimum atomic E-state index is -0.341. The molecule has 1 rings (SSSR count). The summed E-state index contributed by atoms with van der Waals surface area (Å²) >= 11 is 0. The molecule has 3 N–H and O–H groups in total. The Bertz CT molecular complexity index is 181. The molecule has 0 spiro atoms. The molecule has 1 saturated heterocycles. The maximum atomic E-state index is 11.2. The van der Waals surface area contributed by atoms with Crippen molar-refractivity contribution in [3.05, 3.63) is 0 Å². The highest BCUT2D eigenvalue weighted by Gasteiger charge is 2.18. The van der Waals surface area contributed by atoms with Gasteiger partial charge in [0.1, 0.15) is 12.4 Å². The van der Waals surface area contributed by atoms with Gasteiger partial charge in [-0.25, -0.2) is 0 Å². The fraction of sp³-hybridized carbons (Fsp3) is 0.714. The van der Waals surface area contributed by atoms with Gasteiger partial charge in [-0.3, -0.25) is 20.5 Å². The average molecular weight is 171 g/mol. The van der Waals surface area contributed by atoms with Crippen molar-refractivity contribution in [3.63, 3.8) is 0 Å². The Morgan fingerprint density at radius 1 is 1.67 bits per heavy atom. The second-order valence-electron chi connectivity index (χ2n) is 2.71. The van der Waals surface area contributed by atoms with Crippen molar-refractivity contribution in [1.82, 2.24) is 10.8 Å². The Hall–Kier alpha value is -1.10. The fourth-order valence-electron chi connectivity index (χ4n) is 1.19. The predicted molar refractivity (Wildman–Crippen MR) is 44.1 cm³/mol. The van der Waals surface area contributed by atoms with Crippen molar-refractivity contribution in [2.75, 3.05) is 6.54 Å². The molecule has 1 aliphatic rings. The third-order valence-electron chi connectivity index (χ3n) is 1.82. The standard InChI is InChI=1S/C7H13N3O2/c11-7-6(9-5-10-12)3-1-2-4-8-7/h5-6,12H,1-4H2,(H,8,11)(H,9,10)/t6-/m1/s1. The van der Waals surface area contributed by atoms with Gasteiger partial charge >= 0.3 is 0 Å². The van der Waals surface area contributed by atoms with Crippen LogP contribution in [0.1, 0.15) is 19.3 Å². The lowest BCUT2D eigenvalue weighted by atomic mass is 10.1. The zero-order valence-corrected chi connectivity index (χ0v) is 6.79. The molecule has 0 saturated carbocycles. The number of amides is 1. The van der Waals surface area contributed by atoms with Crippen molar-refractivity contribution in [2.24, 2.45) is 4.99 Å². The summed E-state index contributed by atoms with van der Waals surface area (Å²) < 4.78 is 0. The Labute approximate surface area is 70.8 Å². The topological polar surface area (TPSA) is 73.7 Å². The van der Waals surface area contributed by atoms with Crippen LogP contribution in [0, 0.1) is 0 Å². The van der Waals surface area contributed by atoms with E-state index in [-0.39, 0.29) is 11.9 Å². The summed E-state index contributed by atoms with van der Waals surface area (Å²) in [6.07, 6.45) is 3.88. The molecule has 0 bridgehead atoms. The van der Waals surface area contributed by atoms with Crippen LogP contribution in [0.3, 0.4) is 0 Å². The molecule has 12 heavy (non-hydrogen) atoms. The molecule has 0 aliphatic carbocycles. The number of hydrogen-bond acceptors (Lipinski definition) is 3. The van der Waals surface area contributed by atoms with E-state index in [0.29, 0.717) is 0 Å². The quantitative estimate of drug-likeness (QED) is 0.302. The molecular weight excluding hydrogens is 158 g/mol. The Morgan fingerprint density at radius 2 is 2.50 bits per heavy atom. The molecule has 1 fully saturated rings. The van der Waals surface area contributed by atoms with E-state index in [1.165, 1.54) is 0 Å². The third-order valence-corrected chi connectivity index (χ3v) is 1.82. The van der Waals surface area contributed by atoms with Crippen molar-refractivity contribution in [2.45, 2.75) is 25.3 Å². The highest BCUT2D eigenvalue weighted by Crippen LogP contribution is 2.07. The van der Waals surface area contributed by atoms with Gasteiger partial charge in [-0.15, -0.1) is 0 Å². The number of aliphatic imine (C=N–C) groups is 1. The number of carbonyl (C=O) groups excluding carboxylic acids is 1. The zero-order chi connectivity index (χ0) is 8.81. The first-order valence-corrected chi connectivity index (χ1v) is 4.03. The van der Waals surface area contributed by atoms with E-state index < -0.39 is 0 Å². The molecular formula is C7H13N3O2. The Balaban J connectivity index is 2.47. The number of nitrogens with one attached hydrogen (secondary N) is 2. The van der Waals surface area contributed by atoms with Crippen molar-refractivity contribution >= 4 is 12.2 Å². The number of nitrogens with zero attached hydrogens (tertiary/aromatic N) is 1. The van der Waals surface area contributed by atoms with Gasteiger partial charge in [0.2, 0.25) is 5.91 Å². The van der Waals surface area contributed by atoms with Crippen LogP contribution in [0.25, 0.3) is 0 Å². The Morgan fingerprint density at radius 3 is 3.25 bits per heavy atom. The van der Waals surface area contributed by atoms with Gasteiger partial charge in [0.15, 0.2) is 0 Å². The van der Waals surface area contributed by atoms with Crippen LogP contribution in [0.5, 0.6) is 0 Å². The monoisotopic (exact) mass is 171 g/mol. The van der Waals surface area contributed by atoms with Crippen LogP contribution in [-0.2, 0) is 4.79 Å². The summed E-state index contributed by atoms with van der Waals surface area (Å²) in [5.41, 5.74) is 1.78. The minimum Gasteiger partial charge on any atom is -0.354 e. The molecule has 0 aromatic heterocycles. The van der Waals surface area contributed by atoms with Gasteiger partial charge in [0.25, 0.3) is 0 Å². The molecule has 68 valence electrons. The van der Waals surface area contributed by atoms with E-state index in [1.54, 1.807) is 5.48 Å². The van der Waals surface area contributed by atoms with E-state index in [0.717, 1.165) is 32.1 Å². The van der Waals surface area contributed by atoms with Gasteiger partial charge < -0.3 is 5.32 Å². The molecule has 0 radical (unpaired) electrons. The van der Waals surface area contributed by atoms with Crippen LogP contribution in [0.4, 0.5) is 0 Å². The van der Waals surface area contributed by atoms with Crippen LogP contribution in [0.15, 0.2) is 4.99 Å². The lowest BCUT2D eigenvalue weighted by Gasteiger charge is -2.05. The minimum absolute atomic E-state index is 0.0565. The maximum Gasteiger partial charge on any atom is 0.244 e. The first kappa shape index (κ1) is 8.99. The fourth-order valence-corrected chi connectivity index (χ4v) is 1.19. The summed E-state index contributed by atoms with van der Waals surface area (Å²) in [6.45, 7) is 0.734. The summed E-state index contributed by atoms with van der Waals surface area (Å²) in [4.78, 5) is 15.0. The number of carbonyl (C=O) groups is 1. The van der Waals surface area contributed by atoms with Gasteiger partial charge in [-0.05, 0) is 19.3 Å². The summed E-state index contributed by atoms with van der Waals surface area (Å²) in [7, 11) is 0. The smallest absolute Gasteiger partial charge is 0.244 e. The molecule has 5 nitrogen and oxygen atoms in total. The first-order valence-electron chi connectivity index (χ1n) is 4.03. The Kier molecular flexibility index (Phi) is 3.53. The summed E-state index contributed by atoms with van der Waals surface area (Å²) in [5, 5.41) is 11.0. The largest absolute Gasteiger partial charge is 0.354 e. The van der Waals surface area contributed by atoms with Crippen molar-refractivity contribution < 1.29 is 10.0 Å². The predicted octanol–water partition coefficient (Wildman–Crippen LogP) is -0.338. The summed E-state index contributed by atoms with van der Waals surface area (Å²) in [6, 6.07) is -0.341. The molecule has 0 aromatic carbocycles. The molecule has 1 amide bonds. The van der Waals surface area contributed by atoms with E-state index in [1.807, 2.05) is 0 Å². The van der Waals surface area contributed by atoms with Crippen LogP contribution >= 0.6 is 0 Å². The molecule has 1 heterocycles. The molecule has 1 atom stereocenters. The molecule has 5 heteroatoms. The molecule has 0 aromatic rings. The van der Waals surface area contributed by atoms with E-state index in [9.17, 15) is 4.79 Å². The lowest BCUT2D eigenvalue weighted by molar-refractivity contribution is -0.121. The van der Waals surface area contributed by atoms with Crippen LogP contribution < -0.4 is 10.8 Å².